The van der Waals surface area contributed by atoms with Crippen LogP contribution in [-0.2, 0) is 4.79 Å². The molecule has 1 spiro atoms. The van der Waals surface area contributed by atoms with E-state index in [1.54, 1.807) is 0 Å². The minimum Gasteiger partial charge on any atom is -0.353 e. The Labute approximate surface area is 162 Å². The van der Waals surface area contributed by atoms with Crippen LogP contribution in [0.2, 0.25) is 0 Å². The van der Waals surface area contributed by atoms with Crippen LogP contribution < -0.4 is 5.32 Å². The average molecular weight is 369 g/mol. The Kier molecular flexibility index (Phi) is 5.00. The average Bonchev–Trinajstić information content (AvgIpc) is 3.16. The van der Waals surface area contributed by atoms with Crippen molar-refractivity contribution in [3.05, 3.63) is 35.4 Å². The summed E-state index contributed by atoms with van der Waals surface area (Å²) >= 11 is 0. The number of hydrogen-bond donors (Lipinski definition) is 1. The van der Waals surface area contributed by atoms with E-state index in [9.17, 15) is 9.59 Å². The molecule has 27 heavy (non-hydrogen) atoms. The monoisotopic (exact) mass is 368 g/mol. The quantitative estimate of drug-likeness (QED) is 0.860. The molecule has 1 heterocycles. The van der Waals surface area contributed by atoms with Gasteiger partial charge in [0.25, 0.3) is 5.91 Å². The van der Waals surface area contributed by atoms with Gasteiger partial charge >= 0.3 is 0 Å². The fraction of sp³-hybridized carbons (Fsp3) is 0.652. The number of fused-ring (bicyclic) bond motifs is 1. The number of amides is 2. The van der Waals surface area contributed by atoms with E-state index in [1.165, 1.54) is 19.3 Å². The molecule has 4 rings (SSSR count). The van der Waals surface area contributed by atoms with Gasteiger partial charge in [-0.15, -0.1) is 0 Å². The van der Waals surface area contributed by atoms with Crippen LogP contribution in [0.1, 0.15) is 93.5 Å². The lowest BCUT2D eigenvalue weighted by atomic mass is 9.64. The van der Waals surface area contributed by atoms with Crippen LogP contribution in [0, 0.1) is 0 Å². The summed E-state index contributed by atoms with van der Waals surface area (Å²) in [5, 5.41) is 3.17. The largest absolute Gasteiger partial charge is 0.353 e. The Morgan fingerprint density at radius 2 is 1.74 bits per heavy atom. The van der Waals surface area contributed by atoms with E-state index in [1.807, 2.05) is 38.1 Å². The summed E-state index contributed by atoms with van der Waals surface area (Å²) in [6.45, 7) is 4.03. The van der Waals surface area contributed by atoms with Gasteiger partial charge in [0.15, 0.2) is 0 Å². The van der Waals surface area contributed by atoms with Crippen LogP contribution in [0.25, 0.3) is 0 Å². The summed E-state index contributed by atoms with van der Waals surface area (Å²) in [4.78, 5) is 29.3. The molecule has 146 valence electrons. The van der Waals surface area contributed by atoms with Crippen LogP contribution in [0.4, 0.5) is 0 Å². The summed E-state index contributed by atoms with van der Waals surface area (Å²) in [6, 6.07) is 8.23. The maximum Gasteiger partial charge on any atom is 0.254 e. The Hall–Kier alpha value is -1.84. The zero-order valence-electron chi connectivity index (χ0n) is 16.7. The van der Waals surface area contributed by atoms with Crippen molar-refractivity contribution in [3.8, 4) is 0 Å². The molecule has 4 nitrogen and oxygen atoms in total. The second-order valence-electron chi connectivity index (χ2n) is 8.96. The predicted molar refractivity (Wildman–Crippen MR) is 107 cm³/mol. The van der Waals surface area contributed by atoms with Crippen LogP contribution in [-0.4, -0.2) is 34.3 Å². The van der Waals surface area contributed by atoms with Gasteiger partial charge in [-0.05, 0) is 51.2 Å². The van der Waals surface area contributed by atoms with Crippen molar-refractivity contribution in [2.24, 2.45) is 0 Å². The number of nitrogens with one attached hydrogen (secondary N) is 1. The van der Waals surface area contributed by atoms with Gasteiger partial charge in [-0.2, -0.15) is 0 Å². The fourth-order valence-corrected chi connectivity index (χ4v) is 5.84. The van der Waals surface area contributed by atoms with Gasteiger partial charge in [0, 0.05) is 17.6 Å². The topological polar surface area (TPSA) is 49.4 Å². The summed E-state index contributed by atoms with van der Waals surface area (Å²) in [6.07, 6.45) is 9.83. The van der Waals surface area contributed by atoms with Gasteiger partial charge < -0.3 is 10.2 Å². The number of carbonyl (C=O) groups excluding carboxylic acids is 2. The van der Waals surface area contributed by atoms with Gasteiger partial charge in [0.2, 0.25) is 5.91 Å². The van der Waals surface area contributed by atoms with E-state index in [2.05, 4.69) is 10.2 Å². The molecule has 0 aromatic heterocycles. The molecule has 0 saturated heterocycles. The molecule has 1 atom stereocenters. The highest BCUT2D eigenvalue weighted by Crippen LogP contribution is 2.51. The minimum absolute atomic E-state index is 0.0925. The van der Waals surface area contributed by atoms with Crippen LogP contribution in [0.3, 0.4) is 0 Å². The number of hydrogen-bond acceptors (Lipinski definition) is 2. The third kappa shape index (κ3) is 3.07. The molecule has 2 fully saturated rings. The van der Waals surface area contributed by atoms with Gasteiger partial charge in [0.05, 0.1) is 11.5 Å². The molecule has 2 aliphatic carbocycles. The SMILES string of the molecule is CC(C)NC(=O)[C@@H]1c2ccccc2C(=O)N(C2CCCC2)C12CCCCC2. The first-order valence-corrected chi connectivity index (χ1v) is 10.8. The molecular weight excluding hydrogens is 336 g/mol. The van der Waals surface area contributed by atoms with Crippen molar-refractivity contribution in [3.63, 3.8) is 0 Å². The van der Waals surface area contributed by atoms with Crippen molar-refractivity contribution < 1.29 is 9.59 Å². The maximum atomic E-state index is 13.7. The van der Waals surface area contributed by atoms with Crippen molar-refractivity contribution >= 4 is 11.8 Å². The molecule has 1 N–H and O–H groups in total. The molecule has 4 heteroatoms. The van der Waals surface area contributed by atoms with E-state index in [0.29, 0.717) is 6.04 Å². The number of benzene rings is 1. The second-order valence-corrected chi connectivity index (χ2v) is 8.96. The molecule has 1 aliphatic heterocycles. The van der Waals surface area contributed by atoms with Crippen molar-refractivity contribution in [2.75, 3.05) is 0 Å². The standard InChI is InChI=1S/C23H32N2O2/c1-16(2)24-21(26)20-18-12-6-7-13-19(18)22(27)25(17-10-4-5-11-17)23(20)14-8-3-9-15-23/h6-7,12-13,16-17,20H,3-5,8-11,14-15H2,1-2H3,(H,24,26)/t20-/m0/s1. The summed E-state index contributed by atoms with van der Waals surface area (Å²) in [7, 11) is 0. The van der Waals surface area contributed by atoms with E-state index in [0.717, 1.165) is 49.7 Å². The smallest absolute Gasteiger partial charge is 0.254 e. The molecule has 2 saturated carbocycles. The molecule has 3 aliphatic rings. The normalized spacial score (nSPS) is 25.1. The van der Waals surface area contributed by atoms with Gasteiger partial charge in [-0.25, -0.2) is 0 Å². The molecule has 1 aromatic carbocycles. The highest BCUT2D eigenvalue weighted by molar-refractivity contribution is 6.02. The highest BCUT2D eigenvalue weighted by Gasteiger charge is 2.56. The summed E-state index contributed by atoms with van der Waals surface area (Å²) in [5.74, 6) is -0.00227. The van der Waals surface area contributed by atoms with Crippen LogP contribution in [0.5, 0.6) is 0 Å². The van der Waals surface area contributed by atoms with Gasteiger partial charge in [0.1, 0.15) is 0 Å². The number of nitrogens with zero attached hydrogens (tertiary/aromatic N) is 1. The first kappa shape index (κ1) is 18.5. The van der Waals surface area contributed by atoms with Gasteiger partial charge in [-0.1, -0.05) is 50.3 Å². The third-order valence-electron chi connectivity index (χ3n) is 6.84. The molecular formula is C23H32N2O2. The molecule has 0 unspecified atom stereocenters. The van der Waals surface area contributed by atoms with Gasteiger partial charge in [-0.3, -0.25) is 9.59 Å². The Morgan fingerprint density at radius 3 is 2.41 bits per heavy atom. The van der Waals surface area contributed by atoms with E-state index in [4.69, 9.17) is 0 Å². The molecule has 0 bridgehead atoms. The number of carbonyl (C=O) groups is 2. The van der Waals surface area contributed by atoms with E-state index in [-0.39, 0.29) is 29.3 Å². The minimum atomic E-state index is -0.350. The fourth-order valence-electron chi connectivity index (χ4n) is 5.84. The Morgan fingerprint density at radius 1 is 1.07 bits per heavy atom. The Bertz CT molecular complexity index is 715. The second kappa shape index (κ2) is 7.29. The third-order valence-corrected chi connectivity index (χ3v) is 6.84. The predicted octanol–water partition coefficient (Wildman–Crippen LogP) is 4.40. The number of rotatable bonds is 3. The van der Waals surface area contributed by atoms with Crippen molar-refractivity contribution in [1.82, 2.24) is 10.2 Å². The lowest BCUT2D eigenvalue weighted by molar-refractivity contribution is -0.128. The lowest BCUT2D eigenvalue weighted by Gasteiger charge is -2.56. The Balaban J connectivity index is 1.87. The highest BCUT2D eigenvalue weighted by atomic mass is 16.2. The molecule has 2 amide bonds. The first-order chi connectivity index (χ1) is 13.0. The maximum absolute atomic E-state index is 13.7. The van der Waals surface area contributed by atoms with Crippen molar-refractivity contribution in [2.45, 2.75) is 95.2 Å². The van der Waals surface area contributed by atoms with E-state index >= 15 is 0 Å². The lowest BCUT2D eigenvalue weighted by Crippen LogP contribution is -2.65. The van der Waals surface area contributed by atoms with E-state index < -0.39 is 0 Å². The molecule has 0 radical (unpaired) electrons. The summed E-state index contributed by atoms with van der Waals surface area (Å²) in [5.41, 5.74) is 1.33. The summed E-state index contributed by atoms with van der Waals surface area (Å²) < 4.78 is 0. The molecule has 1 aromatic rings. The zero-order chi connectivity index (χ0) is 19.0. The van der Waals surface area contributed by atoms with Crippen LogP contribution in [0.15, 0.2) is 24.3 Å². The zero-order valence-corrected chi connectivity index (χ0v) is 16.7. The van der Waals surface area contributed by atoms with Crippen molar-refractivity contribution in [1.29, 1.82) is 0 Å². The first-order valence-electron chi connectivity index (χ1n) is 10.8. The van der Waals surface area contributed by atoms with Crippen LogP contribution >= 0.6 is 0 Å².